The molecular weight excluding hydrogens is 314 g/mol. The Bertz CT molecular complexity index is 863. The van der Waals surface area contributed by atoms with Crippen LogP contribution in [0.25, 0.3) is 0 Å². The Balaban J connectivity index is 1.63. The smallest absolute Gasteiger partial charge is 0.272 e. The van der Waals surface area contributed by atoms with Crippen LogP contribution in [0.1, 0.15) is 27.2 Å². The molecule has 3 rings (SSSR count). The Labute approximate surface area is 146 Å². The highest BCUT2D eigenvalue weighted by Crippen LogP contribution is 2.21. The van der Waals surface area contributed by atoms with Gasteiger partial charge in [0, 0.05) is 24.6 Å². The number of aryl methyl sites for hydroxylation is 1. The van der Waals surface area contributed by atoms with Crippen molar-refractivity contribution in [1.29, 1.82) is 0 Å². The number of aromatic nitrogens is 3. The standard InChI is InChI=1S/C19H19N5O/c1-13-4-3-5-16(14(13)2)22-18-7-6-17(23-24-18)19(25)21-12-15-8-10-20-11-9-15/h3-11H,12H2,1-2H3,(H,21,25)(H,22,24). The molecule has 1 amide bonds. The predicted molar refractivity (Wildman–Crippen MR) is 96.6 cm³/mol. The number of hydrogen-bond donors (Lipinski definition) is 2. The second kappa shape index (κ2) is 7.53. The minimum Gasteiger partial charge on any atom is -0.347 e. The molecule has 6 heteroatoms. The van der Waals surface area contributed by atoms with Crippen molar-refractivity contribution in [3.63, 3.8) is 0 Å². The van der Waals surface area contributed by atoms with Crippen molar-refractivity contribution in [3.8, 4) is 0 Å². The molecule has 126 valence electrons. The first kappa shape index (κ1) is 16.6. The van der Waals surface area contributed by atoms with E-state index in [0.29, 0.717) is 12.4 Å². The van der Waals surface area contributed by atoms with E-state index in [9.17, 15) is 4.79 Å². The third kappa shape index (κ3) is 4.17. The van der Waals surface area contributed by atoms with Crippen LogP contribution < -0.4 is 10.6 Å². The number of rotatable bonds is 5. The Morgan fingerprint density at radius 3 is 2.52 bits per heavy atom. The fraction of sp³-hybridized carbons (Fsp3) is 0.158. The van der Waals surface area contributed by atoms with Crippen LogP contribution in [-0.2, 0) is 6.54 Å². The number of amides is 1. The molecule has 2 N–H and O–H groups in total. The summed E-state index contributed by atoms with van der Waals surface area (Å²) in [7, 11) is 0. The van der Waals surface area contributed by atoms with E-state index < -0.39 is 0 Å². The normalized spacial score (nSPS) is 10.3. The van der Waals surface area contributed by atoms with Gasteiger partial charge in [-0.15, -0.1) is 10.2 Å². The number of benzene rings is 1. The molecule has 6 nitrogen and oxygen atoms in total. The van der Waals surface area contributed by atoms with Crippen molar-refractivity contribution < 1.29 is 4.79 Å². The van der Waals surface area contributed by atoms with Gasteiger partial charge in [0.15, 0.2) is 11.5 Å². The number of carbonyl (C=O) groups excluding carboxylic acids is 1. The first-order valence-corrected chi connectivity index (χ1v) is 7.97. The monoisotopic (exact) mass is 333 g/mol. The van der Waals surface area contributed by atoms with E-state index in [-0.39, 0.29) is 11.6 Å². The lowest BCUT2D eigenvalue weighted by Gasteiger charge is -2.10. The summed E-state index contributed by atoms with van der Waals surface area (Å²) in [5.74, 6) is 0.335. The molecule has 0 spiro atoms. The first-order chi connectivity index (χ1) is 12.1. The van der Waals surface area contributed by atoms with Crippen molar-refractivity contribution in [1.82, 2.24) is 20.5 Å². The number of anilines is 2. The quantitative estimate of drug-likeness (QED) is 0.750. The summed E-state index contributed by atoms with van der Waals surface area (Å²) in [6, 6.07) is 13.1. The van der Waals surface area contributed by atoms with E-state index in [2.05, 4.69) is 38.8 Å². The van der Waals surface area contributed by atoms with Crippen molar-refractivity contribution in [2.75, 3.05) is 5.32 Å². The Morgan fingerprint density at radius 1 is 1.00 bits per heavy atom. The largest absolute Gasteiger partial charge is 0.347 e. The molecule has 0 aliphatic heterocycles. The Morgan fingerprint density at radius 2 is 1.80 bits per heavy atom. The Hall–Kier alpha value is -3.28. The summed E-state index contributed by atoms with van der Waals surface area (Å²) in [4.78, 5) is 16.1. The lowest BCUT2D eigenvalue weighted by atomic mass is 10.1. The van der Waals surface area contributed by atoms with Gasteiger partial charge in [0.05, 0.1) is 0 Å². The Kier molecular flexibility index (Phi) is 4.99. The fourth-order valence-electron chi connectivity index (χ4n) is 2.32. The maximum Gasteiger partial charge on any atom is 0.272 e. The second-order valence-electron chi connectivity index (χ2n) is 5.71. The lowest BCUT2D eigenvalue weighted by Crippen LogP contribution is -2.24. The molecule has 0 saturated heterocycles. The zero-order valence-electron chi connectivity index (χ0n) is 14.2. The molecule has 0 fully saturated rings. The lowest BCUT2D eigenvalue weighted by molar-refractivity contribution is 0.0945. The number of carbonyl (C=O) groups is 1. The van der Waals surface area contributed by atoms with Crippen molar-refractivity contribution in [2.24, 2.45) is 0 Å². The molecular formula is C19H19N5O. The van der Waals surface area contributed by atoms with Crippen LogP contribution in [0.5, 0.6) is 0 Å². The minimum atomic E-state index is -0.261. The highest BCUT2D eigenvalue weighted by atomic mass is 16.1. The van der Waals surface area contributed by atoms with Gasteiger partial charge in [-0.3, -0.25) is 9.78 Å². The molecule has 25 heavy (non-hydrogen) atoms. The van der Waals surface area contributed by atoms with Crippen LogP contribution in [-0.4, -0.2) is 21.1 Å². The summed E-state index contributed by atoms with van der Waals surface area (Å²) in [5, 5.41) is 14.1. The molecule has 0 unspecified atom stereocenters. The van der Waals surface area contributed by atoms with Gasteiger partial charge in [0.2, 0.25) is 0 Å². The van der Waals surface area contributed by atoms with E-state index in [1.807, 2.05) is 31.2 Å². The van der Waals surface area contributed by atoms with Gasteiger partial charge < -0.3 is 10.6 Å². The van der Waals surface area contributed by atoms with Crippen molar-refractivity contribution in [3.05, 3.63) is 77.2 Å². The molecule has 0 aliphatic rings. The summed E-state index contributed by atoms with van der Waals surface area (Å²) >= 11 is 0. The van der Waals surface area contributed by atoms with Crippen LogP contribution >= 0.6 is 0 Å². The van der Waals surface area contributed by atoms with Gasteiger partial charge in [-0.1, -0.05) is 12.1 Å². The average molecular weight is 333 g/mol. The van der Waals surface area contributed by atoms with E-state index >= 15 is 0 Å². The molecule has 0 radical (unpaired) electrons. The summed E-state index contributed by atoms with van der Waals surface area (Å²) in [6.07, 6.45) is 3.38. The van der Waals surface area contributed by atoms with E-state index in [4.69, 9.17) is 0 Å². The third-order valence-electron chi connectivity index (χ3n) is 3.97. The molecule has 3 aromatic rings. The van der Waals surface area contributed by atoms with E-state index in [1.165, 1.54) is 5.56 Å². The topological polar surface area (TPSA) is 79.8 Å². The van der Waals surface area contributed by atoms with Crippen LogP contribution in [0.2, 0.25) is 0 Å². The van der Waals surface area contributed by atoms with Crippen LogP contribution in [0.4, 0.5) is 11.5 Å². The molecule has 2 aromatic heterocycles. The summed E-state index contributed by atoms with van der Waals surface area (Å²) < 4.78 is 0. The van der Waals surface area contributed by atoms with E-state index in [1.54, 1.807) is 24.5 Å². The second-order valence-corrected chi connectivity index (χ2v) is 5.71. The zero-order valence-corrected chi connectivity index (χ0v) is 14.2. The van der Waals surface area contributed by atoms with Gasteiger partial charge in [-0.2, -0.15) is 0 Å². The summed E-state index contributed by atoms with van der Waals surface area (Å²) in [5.41, 5.74) is 4.59. The number of pyridine rings is 1. The van der Waals surface area contributed by atoms with Crippen LogP contribution in [0.3, 0.4) is 0 Å². The number of hydrogen-bond acceptors (Lipinski definition) is 5. The van der Waals surface area contributed by atoms with Crippen molar-refractivity contribution >= 4 is 17.4 Å². The highest BCUT2D eigenvalue weighted by molar-refractivity contribution is 5.92. The van der Waals surface area contributed by atoms with Gasteiger partial charge in [0.25, 0.3) is 5.91 Å². The molecule has 0 aliphatic carbocycles. The maximum atomic E-state index is 12.1. The van der Waals surface area contributed by atoms with Crippen LogP contribution in [0.15, 0.2) is 54.9 Å². The highest BCUT2D eigenvalue weighted by Gasteiger charge is 2.09. The van der Waals surface area contributed by atoms with Gasteiger partial charge in [-0.25, -0.2) is 0 Å². The first-order valence-electron chi connectivity index (χ1n) is 7.97. The van der Waals surface area contributed by atoms with Gasteiger partial charge in [-0.05, 0) is 60.9 Å². The van der Waals surface area contributed by atoms with Crippen molar-refractivity contribution in [2.45, 2.75) is 20.4 Å². The zero-order chi connectivity index (χ0) is 17.6. The molecule has 0 atom stereocenters. The van der Waals surface area contributed by atoms with Crippen LogP contribution in [0, 0.1) is 13.8 Å². The SMILES string of the molecule is Cc1cccc(Nc2ccc(C(=O)NCc3ccncc3)nn2)c1C. The fourth-order valence-corrected chi connectivity index (χ4v) is 2.32. The van der Waals surface area contributed by atoms with Gasteiger partial charge in [0.1, 0.15) is 0 Å². The molecule has 2 heterocycles. The molecule has 1 aromatic carbocycles. The minimum absolute atomic E-state index is 0.261. The van der Waals surface area contributed by atoms with Gasteiger partial charge >= 0.3 is 0 Å². The summed E-state index contributed by atoms with van der Waals surface area (Å²) in [6.45, 7) is 4.53. The number of nitrogens with zero attached hydrogens (tertiary/aromatic N) is 3. The van der Waals surface area contributed by atoms with E-state index in [0.717, 1.165) is 16.8 Å². The molecule has 0 saturated carbocycles. The maximum absolute atomic E-state index is 12.1. The average Bonchev–Trinajstić information content (AvgIpc) is 2.65. The number of nitrogens with one attached hydrogen (secondary N) is 2. The predicted octanol–water partition coefficient (Wildman–Crippen LogP) is 3.16. The third-order valence-corrected chi connectivity index (χ3v) is 3.97. The molecule has 0 bridgehead atoms.